The van der Waals surface area contributed by atoms with Crippen LogP contribution < -0.4 is 10.1 Å². The second-order valence-corrected chi connectivity index (χ2v) is 8.78. The summed E-state index contributed by atoms with van der Waals surface area (Å²) in [6.07, 6.45) is 2.95. The molecule has 36 heavy (non-hydrogen) atoms. The lowest BCUT2D eigenvalue weighted by atomic mass is 10.2. The fourth-order valence-corrected chi connectivity index (χ4v) is 4.13. The topological polar surface area (TPSA) is 106 Å². The van der Waals surface area contributed by atoms with E-state index in [2.05, 4.69) is 42.1 Å². The lowest BCUT2D eigenvalue weighted by Crippen LogP contribution is -2.43. The molecule has 2 N–H and O–H groups in total. The number of halogens is 2. The summed E-state index contributed by atoms with van der Waals surface area (Å²) in [6, 6.07) is 8.14. The Morgan fingerprint density at radius 3 is 2.67 bits per heavy atom. The molecular weight excluding hydrogens is 466 g/mol. The number of aryl methyl sites for hydroxylation is 1. The van der Waals surface area contributed by atoms with Gasteiger partial charge in [0.2, 0.25) is 5.88 Å². The number of hydrogen-bond acceptors (Lipinski definition) is 8. The van der Waals surface area contributed by atoms with Crippen LogP contribution in [0.3, 0.4) is 0 Å². The van der Waals surface area contributed by atoms with Gasteiger partial charge in [-0.05, 0) is 31.7 Å². The summed E-state index contributed by atoms with van der Waals surface area (Å²) in [5.74, 6) is -1.41. The summed E-state index contributed by atoms with van der Waals surface area (Å²) in [6.45, 7) is 6.60. The number of nitrogens with one attached hydrogen (secondary N) is 2. The second-order valence-electron chi connectivity index (χ2n) is 8.78. The van der Waals surface area contributed by atoms with Gasteiger partial charge in [-0.15, -0.1) is 0 Å². The zero-order valence-corrected chi connectivity index (χ0v) is 19.8. The van der Waals surface area contributed by atoms with E-state index in [9.17, 15) is 14.0 Å². The van der Waals surface area contributed by atoms with Gasteiger partial charge in [0.15, 0.2) is 28.8 Å². The number of benzene rings is 1. The van der Waals surface area contributed by atoms with Crippen LogP contribution in [0.4, 0.5) is 20.4 Å². The highest BCUT2D eigenvalue weighted by atomic mass is 19.1. The Balaban J connectivity index is 1.34. The molecule has 0 aliphatic carbocycles. The molecule has 184 valence electrons. The standard InChI is InChI=1S/C25H24F2N8O/c1-15-9-17-22(27)20(10-19(26)23(17)32-15)36-25-18(11-28)24(30-14-31-25)33-21-4-3-16(12-29-21)13-35-7-5-34(2)6-8-35/h3-4,9-10,12,14,32H,5-8,13H2,1-2H3,(H,29,30,31,33). The quantitative estimate of drug-likeness (QED) is 0.416. The molecule has 3 aromatic heterocycles. The summed E-state index contributed by atoms with van der Waals surface area (Å²) >= 11 is 0. The molecule has 0 bridgehead atoms. The molecule has 4 heterocycles. The minimum absolute atomic E-state index is 0.0463. The van der Waals surface area contributed by atoms with E-state index in [4.69, 9.17) is 4.74 Å². The lowest BCUT2D eigenvalue weighted by Gasteiger charge is -2.32. The molecule has 4 aromatic rings. The first-order valence-corrected chi connectivity index (χ1v) is 11.4. The van der Waals surface area contributed by atoms with Crippen molar-refractivity contribution in [1.29, 1.82) is 5.26 Å². The van der Waals surface area contributed by atoms with Gasteiger partial charge in [-0.3, -0.25) is 4.90 Å². The van der Waals surface area contributed by atoms with Crippen LogP contribution in [0.15, 0.2) is 36.8 Å². The molecule has 0 unspecified atom stereocenters. The van der Waals surface area contributed by atoms with Crippen LogP contribution in [0.25, 0.3) is 10.9 Å². The van der Waals surface area contributed by atoms with Crippen LogP contribution in [0.5, 0.6) is 11.6 Å². The van der Waals surface area contributed by atoms with Gasteiger partial charge >= 0.3 is 0 Å². The fourth-order valence-electron chi connectivity index (χ4n) is 4.13. The summed E-state index contributed by atoms with van der Waals surface area (Å²) in [7, 11) is 2.12. The van der Waals surface area contributed by atoms with Crippen molar-refractivity contribution in [2.24, 2.45) is 0 Å². The Morgan fingerprint density at radius 1 is 1.14 bits per heavy atom. The number of fused-ring (bicyclic) bond motifs is 1. The lowest BCUT2D eigenvalue weighted by molar-refractivity contribution is 0.148. The second kappa shape index (κ2) is 9.85. The van der Waals surface area contributed by atoms with Gasteiger partial charge < -0.3 is 19.9 Å². The summed E-state index contributed by atoms with van der Waals surface area (Å²) in [4.78, 5) is 20.0. The third-order valence-electron chi connectivity index (χ3n) is 6.11. The molecule has 1 aliphatic heterocycles. The zero-order valence-electron chi connectivity index (χ0n) is 19.8. The first kappa shape index (κ1) is 23.6. The molecule has 1 aliphatic rings. The van der Waals surface area contributed by atoms with Gasteiger partial charge in [0, 0.05) is 56.1 Å². The number of piperazine rings is 1. The smallest absolute Gasteiger partial charge is 0.242 e. The van der Waals surface area contributed by atoms with Crippen molar-refractivity contribution < 1.29 is 13.5 Å². The summed E-state index contributed by atoms with van der Waals surface area (Å²) < 4.78 is 35.0. The Morgan fingerprint density at radius 2 is 1.94 bits per heavy atom. The first-order chi connectivity index (χ1) is 17.4. The maximum atomic E-state index is 15.0. The maximum absolute atomic E-state index is 15.0. The van der Waals surface area contributed by atoms with Gasteiger partial charge in [0.1, 0.15) is 18.2 Å². The van der Waals surface area contributed by atoms with E-state index in [-0.39, 0.29) is 33.9 Å². The summed E-state index contributed by atoms with van der Waals surface area (Å²) in [5, 5.41) is 12.8. The van der Waals surface area contributed by atoms with Crippen molar-refractivity contribution in [2.45, 2.75) is 13.5 Å². The minimum atomic E-state index is -0.759. The predicted octanol–water partition coefficient (Wildman–Crippen LogP) is 4.09. The molecule has 9 nitrogen and oxygen atoms in total. The molecule has 11 heteroatoms. The van der Waals surface area contributed by atoms with Gasteiger partial charge in [-0.25, -0.2) is 23.7 Å². The average molecular weight is 491 g/mol. The number of pyridine rings is 1. The van der Waals surface area contributed by atoms with Crippen LogP contribution in [-0.4, -0.2) is 63.0 Å². The van der Waals surface area contributed by atoms with Crippen LogP contribution >= 0.6 is 0 Å². The Bertz CT molecular complexity index is 1440. The molecule has 0 saturated carbocycles. The minimum Gasteiger partial charge on any atom is -0.434 e. The number of H-pyrrole nitrogens is 1. The van der Waals surface area contributed by atoms with Crippen molar-refractivity contribution in [2.75, 3.05) is 38.5 Å². The molecule has 1 saturated heterocycles. The van der Waals surface area contributed by atoms with Crippen LogP contribution in [0, 0.1) is 29.9 Å². The summed E-state index contributed by atoms with van der Waals surface area (Å²) in [5.41, 5.74) is 1.66. The van der Waals surface area contributed by atoms with Crippen LogP contribution in [0.2, 0.25) is 0 Å². The molecule has 5 rings (SSSR count). The number of anilines is 2. The zero-order chi connectivity index (χ0) is 25.2. The molecule has 0 spiro atoms. The van der Waals surface area contributed by atoms with Gasteiger partial charge in [-0.2, -0.15) is 5.26 Å². The Hall–Kier alpha value is -4.14. The third-order valence-corrected chi connectivity index (χ3v) is 6.11. The van der Waals surface area contributed by atoms with Crippen molar-refractivity contribution in [3.05, 3.63) is 65.2 Å². The van der Waals surface area contributed by atoms with E-state index in [0.29, 0.717) is 11.5 Å². The maximum Gasteiger partial charge on any atom is 0.242 e. The number of likely N-dealkylation sites (N-methyl/N-ethyl adjacent to an activating group) is 1. The number of hydrogen-bond donors (Lipinski definition) is 2. The largest absolute Gasteiger partial charge is 0.434 e. The molecule has 1 fully saturated rings. The highest BCUT2D eigenvalue weighted by molar-refractivity contribution is 5.83. The number of aromatic amines is 1. The molecule has 0 amide bonds. The number of ether oxygens (including phenoxy) is 1. The van der Waals surface area contributed by atoms with E-state index < -0.39 is 11.6 Å². The van der Waals surface area contributed by atoms with E-state index in [0.717, 1.165) is 44.4 Å². The number of nitriles is 1. The Kier molecular flexibility index (Phi) is 6.45. The molecule has 0 atom stereocenters. The molecule has 1 aromatic carbocycles. The molecular formula is C25H24F2N8O. The Labute approximate surface area is 206 Å². The van der Waals surface area contributed by atoms with Gasteiger partial charge in [-0.1, -0.05) is 6.07 Å². The molecule has 0 radical (unpaired) electrons. The van der Waals surface area contributed by atoms with Crippen LogP contribution in [-0.2, 0) is 6.54 Å². The van der Waals surface area contributed by atoms with Crippen molar-refractivity contribution >= 4 is 22.5 Å². The average Bonchev–Trinajstić information content (AvgIpc) is 3.28. The third kappa shape index (κ3) is 4.82. The monoisotopic (exact) mass is 490 g/mol. The number of nitrogens with zero attached hydrogens (tertiary/aromatic N) is 6. The van der Waals surface area contributed by atoms with E-state index in [1.165, 1.54) is 12.4 Å². The number of aromatic nitrogens is 4. The highest BCUT2D eigenvalue weighted by Gasteiger charge is 2.20. The van der Waals surface area contributed by atoms with Gasteiger partial charge in [0.25, 0.3) is 0 Å². The normalized spacial score (nSPS) is 14.6. The van der Waals surface area contributed by atoms with Gasteiger partial charge in [0.05, 0.1) is 5.52 Å². The first-order valence-electron chi connectivity index (χ1n) is 11.4. The SMILES string of the molecule is Cc1cc2c(F)c(Oc3ncnc(Nc4ccc(CN5CCN(C)CC5)cn4)c3C#N)cc(F)c2[nH]1. The fraction of sp³-hybridized carbons (Fsp3) is 0.280. The predicted molar refractivity (Wildman–Crippen MR) is 130 cm³/mol. The van der Waals surface area contributed by atoms with Crippen molar-refractivity contribution in [3.63, 3.8) is 0 Å². The van der Waals surface area contributed by atoms with Crippen LogP contribution in [0.1, 0.15) is 16.8 Å². The van der Waals surface area contributed by atoms with E-state index in [1.807, 2.05) is 12.1 Å². The van der Waals surface area contributed by atoms with E-state index >= 15 is 0 Å². The highest BCUT2D eigenvalue weighted by Crippen LogP contribution is 2.34. The van der Waals surface area contributed by atoms with Crippen molar-refractivity contribution in [1.82, 2.24) is 29.7 Å². The van der Waals surface area contributed by atoms with E-state index in [1.54, 1.807) is 19.2 Å². The van der Waals surface area contributed by atoms with Crippen molar-refractivity contribution in [3.8, 4) is 17.7 Å². The number of rotatable bonds is 6.